The number of benzene rings is 5. The lowest BCUT2D eigenvalue weighted by atomic mass is 9.98. The van der Waals surface area contributed by atoms with Crippen molar-refractivity contribution in [1.82, 2.24) is 46.2 Å². The van der Waals surface area contributed by atoms with Gasteiger partial charge < -0.3 is 116 Å². The molecule has 0 unspecified atom stereocenters. The third kappa shape index (κ3) is 40.2. The first-order chi connectivity index (χ1) is 64.1. The molecule has 5 aliphatic rings. The van der Waals surface area contributed by atoms with Gasteiger partial charge in [0.2, 0.25) is 11.8 Å². The van der Waals surface area contributed by atoms with E-state index in [0.29, 0.717) is 152 Å². The summed E-state index contributed by atoms with van der Waals surface area (Å²) < 4.78 is 118. The fourth-order valence-corrected chi connectivity index (χ4v) is 12.9. The Kier molecular flexibility index (Phi) is 45.2. The number of carbonyl (C=O) groups is 13. The van der Waals surface area contributed by atoms with Gasteiger partial charge in [0, 0.05) is 121 Å². The number of esters is 1. The Bertz CT molecular complexity index is 5120. The fraction of sp³-hybridized carbons (Fsp3) is 0.442. The highest BCUT2D eigenvalue weighted by Gasteiger charge is 2.32. The first-order valence-corrected chi connectivity index (χ1v) is 43.3. The quantitative estimate of drug-likeness (QED) is 0.0107. The number of nitrogens with one attached hydrogen (secondary N) is 5. The predicted octanol–water partition coefficient (Wildman–Crippen LogP) is 11.0. The average Bonchev–Trinajstić information content (AvgIpc) is 0.811. The van der Waals surface area contributed by atoms with Crippen molar-refractivity contribution in [2.24, 2.45) is 17.2 Å². The van der Waals surface area contributed by atoms with Crippen LogP contribution in [0.4, 0.5) is 41.1 Å². The number of rotatable bonds is 33. The molecule has 0 aliphatic carbocycles. The topological polar surface area (TPSA) is 486 Å². The first kappa shape index (κ1) is 114. The van der Waals surface area contributed by atoms with Crippen LogP contribution in [0.1, 0.15) is 170 Å². The van der Waals surface area contributed by atoms with Gasteiger partial charge in [-0.2, -0.15) is 0 Å². The van der Waals surface area contributed by atoms with Gasteiger partial charge in [-0.25, -0.2) is 41.1 Å². The molecule has 137 heavy (non-hydrogen) atoms. The van der Waals surface area contributed by atoms with E-state index < -0.39 is 70.5 Å². The molecular formula is C95H122ClF5N12O24. The van der Waals surface area contributed by atoms with Crippen molar-refractivity contribution in [3.05, 3.63) is 206 Å². The van der Waals surface area contributed by atoms with Crippen LogP contribution in [0.2, 0.25) is 0 Å². The zero-order chi connectivity index (χ0) is 101. The fourth-order valence-electron chi connectivity index (χ4n) is 12.9. The highest BCUT2D eigenvalue weighted by Crippen LogP contribution is 2.31. The molecule has 0 radical (unpaired) electrons. The van der Waals surface area contributed by atoms with E-state index in [0.717, 1.165) is 34.2 Å². The summed E-state index contributed by atoms with van der Waals surface area (Å²) in [5.74, 6) is -1.29. The van der Waals surface area contributed by atoms with E-state index in [1.807, 2.05) is 0 Å². The molecule has 5 heterocycles. The maximum absolute atomic E-state index is 13.2. The van der Waals surface area contributed by atoms with Crippen molar-refractivity contribution in [2.75, 3.05) is 131 Å². The SMILES string of the molecule is CC(C)(C)OC(=O)NC/C(=C\F)COc1ccc2c(c1)CCN(CC(=O)O)C2=O.CC(C)(C)OC(=O)NC/C(=C\F)COc1ccc2c(c1)CCN(CC(N)=O)C2=O.CC(C)(C)OC(=O)NC/C(=C\F)COc1ccc2c(c1)CCNC2=O.CCOC(=O)CN1CCc2cc(OC/C(=C/F)CNC(=O)OC(C)(C)C)ccc2C1=O.Cl.NC/C(=C\F)COc1ccc2c(c1)CCN(CC(N)=O)C2=O. The van der Waals surface area contributed by atoms with Crippen LogP contribution in [0.3, 0.4) is 0 Å². The van der Waals surface area contributed by atoms with Gasteiger partial charge in [0.05, 0.1) is 51.3 Å². The lowest BCUT2D eigenvalue weighted by Crippen LogP contribution is -2.42. The minimum Gasteiger partial charge on any atom is -0.489 e. The molecule has 5 aromatic rings. The van der Waals surface area contributed by atoms with Crippen LogP contribution >= 0.6 is 12.4 Å². The molecular weight excluding hydrogens is 1820 g/mol. The molecule has 0 saturated carbocycles. The number of hydrogen-bond acceptors (Lipinski definition) is 24. The number of alkyl carbamates (subject to hydrolysis) is 4. The normalized spacial score (nSPS) is 14.2. The molecule has 748 valence electrons. The molecule has 0 bridgehead atoms. The van der Waals surface area contributed by atoms with Gasteiger partial charge in [0.15, 0.2) is 0 Å². The van der Waals surface area contributed by atoms with Crippen LogP contribution in [0.5, 0.6) is 28.7 Å². The summed E-state index contributed by atoms with van der Waals surface area (Å²) in [6.45, 7) is 23.9. The number of hydrogen-bond donors (Lipinski definition) is 9. The molecule has 0 aromatic heterocycles. The van der Waals surface area contributed by atoms with Crippen molar-refractivity contribution in [2.45, 2.75) is 145 Å². The summed E-state index contributed by atoms with van der Waals surface area (Å²) in [6.07, 6.45) is 2.33. The second-order valence-corrected chi connectivity index (χ2v) is 35.0. The van der Waals surface area contributed by atoms with E-state index >= 15 is 0 Å². The van der Waals surface area contributed by atoms with Crippen LogP contribution in [0.25, 0.3) is 0 Å². The number of primary amides is 2. The van der Waals surface area contributed by atoms with Gasteiger partial charge in [-0.1, -0.05) is 0 Å². The Hall–Kier alpha value is -14.0. The van der Waals surface area contributed by atoms with Gasteiger partial charge >= 0.3 is 36.3 Å². The zero-order valence-electron chi connectivity index (χ0n) is 78.9. The van der Waals surface area contributed by atoms with E-state index in [9.17, 15) is 84.3 Å². The highest BCUT2D eigenvalue weighted by molar-refractivity contribution is 6.01. The zero-order valence-corrected chi connectivity index (χ0v) is 79.7. The lowest BCUT2D eigenvalue weighted by Gasteiger charge is -2.28. The van der Waals surface area contributed by atoms with E-state index in [2.05, 4.69) is 26.6 Å². The Labute approximate surface area is 797 Å². The van der Waals surface area contributed by atoms with Gasteiger partial charge in [-0.05, 0) is 241 Å². The number of aliphatic carboxylic acids is 1. The second kappa shape index (κ2) is 54.5. The Morgan fingerprint density at radius 2 is 0.635 bits per heavy atom. The van der Waals surface area contributed by atoms with E-state index in [4.69, 9.17) is 69.7 Å². The third-order valence-corrected chi connectivity index (χ3v) is 19.2. The summed E-state index contributed by atoms with van der Waals surface area (Å²) in [6, 6.07) is 24.9. The number of ether oxygens (including phenoxy) is 10. The standard InChI is InChI=1S/C22H29FN2O6.C20H26FN3O5.C20H25FN2O6.C18H23FN2O4.C15H18FN3O3.ClH/c1-5-29-19(26)13-25-9-8-16-10-17(6-7-18(16)20(25)27)30-14-15(11-23)12-24-21(28)31-22(2,3)4;1-20(2,3)29-19(27)23-10-13(9-21)12-28-15-4-5-16-14(8-15)6-7-24(18(16)26)11-17(22)25;1-20(2,3)29-19(27)22-10-13(9-21)12-28-15-4-5-16-14(8-15)6-7-23(18(16)26)11-17(24)25;1-18(2,3)25-17(23)21-10-12(9-19)11-24-14-4-5-15-13(8-14)6-7-20-16(15)22;16-6-10(7-17)9-22-12-1-2-13-11(5-12)3-4-19(15(13)21)8-14(18)20;/h6-7,10-11H,5,8-9,12-14H2,1-4H3,(H,24,28);4-5,8-9H,6-7,10-12H2,1-3H3,(H2,22,25)(H,23,27);4-5,8-9H,6-7,10-12H2,1-3H3,(H,22,27)(H,24,25);4-5,8-9H,6-7,10-11H2,1-3H3,(H,20,22)(H,21,23);1-2,5-6H,3-4,7-9,17H2,(H2,18,20);1H/b15-11+;2*13-9+;12-9+;10-6+;. The molecule has 36 nitrogen and oxygen atoms in total. The van der Waals surface area contributed by atoms with Crippen LogP contribution in [-0.4, -0.2) is 256 Å². The minimum atomic E-state index is -1.06. The number of carboxylic acid groups (broad SMARTS) is 1. The largest absolute Gasteiger partial charge is 0.489 e. The average molecular weight is 1950 g/mol. The number of nitrogens with two attached hydrogens (primary N) is 3. The molecule has 11 amide bonds. The molecule has 42 heteroatoms. The highest BCUT2D eigenvalue weighted by atomic mass is 35.5. The molecule has 0 atom stereocenters. The smallest absolute Gasteiger partial charge is 0.407 e. The van der Waals surface area contributed by atoms with Crippen molar-refractivity contribution < 1.29 is 137 Å². The molecule has 10 rings (SSSR count). The van der Waals surface area contributed by atoms with Gasteiger partial charge in [-0.15, -0.1) is 12.4 Å². The van der Waals surface area contributed by atoms with E-state index in [-0.39, 0.29) is 163 Å². The Balaban J connectivity index is 0.000000303. The summed E-state index contributed by atoms with van der Waals surface area (Å²) >= 11 is 0. The third-order valence-electron chi connectivity index (χ3n) is 19.2. The van der Waals surface area contributed by atoms with Crippen molar-refractivity contribution in [1.29, 1.82) is 0 Å². The van der Waals surface area contributed by atoms with Crippen molar-refractivity contribution >= 4 is 90.1 Å². The van der Waals surface area contributed by atoms with Crippen LogP contribution in [-0.2, 0) is 75.0 Å². The Morgan fingerprint density at radius 3 is 0.876 bits per heavy atom. The van der Waals surface area contributed by atoms with Gasteiger partial charge in [0.1, 0.15) is 97.3 Å². The summed E-state index contributed by atoms with van der Waals surface area (Å²) in [4.78, 5) is 158. The monoisotopic (exact) mass is 1940 g/mol. The number of nitrogens with zero attached hydrogens (tertiary/aromatic N) is 4. The van der Waals surface area contributed by atoms with Crippen molar-refractivity contribution in [3.8, 4) is 28.7 Å². The molecule has 0 spiro atoms. The lowest BCUT2D eigenvalue weighted by molar-refractivity contribution is -0.144. The van der Waals surface area contributed by atoms with Gasteiger partial charge in [-0.3, -0.25) is 43.2 Å². The molecule has 5 aromatic carbocycles. The van der Waals surface area contributed by atoms with Gasteiger partial charge in [0.25, 0.3) is 29.5 Å². The van der Waals surface area contributed by atoms with Crippen LogP contribution in [0, 0.1) is 0 Å². The number of carboxylic acids is 1. The molecule has 0 saturated heterocycles. The summed E-state index contributed by atoms with van der Waals surface area (Å²) in [5.41, 5.74) is 21.0. The summed E-state index contributed by atoms with van der Waals surface area (Å²) in [7, 11) is 0. The second-order valence-electron chi connectivity index (χ2n) is 35.0. The molecule has 12 N–H and O–H groups in total. The first-order valence-electron chi connectivity index (χ1n) is 43.3. The minimum absolute atomic E-state index is 0. The van der Waals surface area contributed by atoms with Crippen molar-refractivity contribution in [3.63, 3.8) is 0 Å². The number of halogens is 6. The van der Waals surface area contributed by atoms with Crippen LogP contribution < -0.4 is 67.5 Å². The maximum Gasteiger partial charge on any atom is 0.407 e. The predicted molar refractivity (Wildman–Crippen MR) is 496 cm³/mol. The number of carbonyl (C=O) groups excluding carboxylic acids is 12. The maximum atomic E-state index is 13.2. The van der Waals surface area contributed by atoms with E-state index in [1.54, 1.807) is 181 Å². The van der Waals surface area contributed by atoms with Crippen LogP contribution in [0.15, 0.2) is 151 Å². The Morgan fingerprint density at radius 1 is 0.387 bits per heavy atom. The van der Waals surface area contributed by atoms with E-state index in [1.165, 1.54) is 19.6 Å². The number of fused-ring (bicyclic) bond motifs is 5. The molecule has 0 fully saturated rings. The number of amides is 11. The molecule has 5 aliphatic heterocycles. The summed E-state index contributed by atoms with van der Waals surface area (Å²) in [5, 5.41) is 21.5.